The van der Waals surface area contributed by atoms with Gasteiger partial charge in [-0.05, 0) is 24.1 Å². The van der Waals surface area contributed by atoms with E-state index in [1.54, 1.807) is 0 Å². The molecule has 1 unspecified atom stereocenters. The van der Waals surface area contributed by atoms with E-state index in [9.17, 15) is 22.4 Å². The van der Waals surface area contributed by atoms with Crippen molar-refractivity contribution in [3.63, 3.8) is 0 Å². The molecule has 0 amide bonds. The smallest absolute Gasteiger partial charge is 0.480 e. The summed E-state index contributed by atoms with van der Waals surface area (Å²) in [4.78, 5) is 19.3. The van der Waals surface area contributed by atoms with Crippen molar-refractivity contribution in [2.75, 3.05) is 0 Å². The maximum atomic E-state index is 12.4. The molecule has 0 aliphatic rings. The van der Waals surface area contributed by atoms with Crippen molar-refractivity contribution in [1.82, 2.24) is 0 Å². The van der Waals surface area contributed by atoms with Crippen LogP contribution >= 0.6 is 0 Å². The summed E-state index contributed by atoms with van der Waals surface area (Å²) in [5.41, 5.74) is 6.01. The fraction of sp³-hybridized carbons (Fsp3) is 0.273. The van der Waals surface area contributed by atoms with Gasteiger partial charge in [0.15, 0.2) is 0 Å². The molecular weight excluding hydrogens is 286 g/mol. The average molecular weight is 297 g/mol. The Morgan fingerprint density at radius 2 is 1.55 bits per heavy atom. The number of hydrogen-bond acceptors (Lipinski definition) is 3. The van der Waals surface area contributed by atoms with Gasteiger partial charge in [0, 0.05) is 0 Å². The summed E-state index contributed by atoms with van der Waals surface area (Å²) in [7, 11) is 0. The molecule has 0 heterocycles. The van der Waals surface area contributed by atoms with Crippen molar-refractivity contribution in [1.29, 1.82) is 0 Å². The third kappa shape index (κ3) is 7.31. The number of aliphatic carboxylic acids is 2. The molecule has 5 nitrogen and oxygen atoms in total. The van der Waals surface area contributed by atoms with Gasteiger partial charge in [0.1, 0.15) is 11.9 Å². The van der Waals surface area contributed by atoms with Crippen LogP contribution < -0.4 is 5.73 Å². The quantitative estimate of drug-likeness (QED) is 0.732. The first-order chi connectivity index (χ1) is 9.04. The molecule has 0 fully saturated rings. The van der Waals surface area contributed by atoms with Crippen LogP contribution in [0.25, 0.3) is 0 Å². The number of alkyl halides is 3. The fourth-order valence-electron chi connectivity index (χ4n) is 0.962. The van der Waals surface area contributed by atoms with Gasteiger partial charge in [0.25, 0.3) is 0 Å². The molecule has 112 valence electrons. The predicted molar refractivity (Wildman–Crippen MR) is 59.4 cm³/mol. The first kappa shape index (κ1) is 17.8. The molecule has 1 atom stereocenters. The molecule has 1 aromatic carbocycles. The second-order valence-electron chi connectivity index (χ2n) is 3.58. The number of benzene rings is 1. The molecule has 9 heteroatoms. The third-order valence-corrected chi connectivity index (χ3v) is 1.93. The van der Waals surface area contributed by atoms with Crippen molar-refractivity contribution in [3.05, 3.63) is 35.6 Å². The van der Waals surface area contributed by atoms with Crippen molar-refractivity contribution < 1.29 is 37.4 Å². The Morgan fingerprint density at radius 1 is 1.15 bits per heavy atom. The van der Waals surface area contributed by atoms with Crippen LogP contribution in [0.2, 0.25) is 0 Å². The van der Waals surface area contributed by atoms with Gasteiger partial charge in [-0.1, -0.05) is 12.1 Å². The lowest BCUT2D eigenvalue weighted by molar-refractivity contribution is -0.192. The van der Waals surface area contributed by atoms with Crippen molar-refractivity contribution in [3.8, 4) is 0 Å². The van der Waals surface area contributed by atoms with Gasteiger partial charge in [-0.3, -0.25) is 4.79 Å². The largest absolute Gasteiger partial charge is 0.490 e. The first-order valence-corrected chi connectivity index (χ1v) is 5.07. The monoisotopic (exact) mass is 297 g/mol. The Morgan fingerprint density at radius 3 is 1.85 bits per heavy atom. The molecule has 0 saturated heterocycles. The number of carboxylic acid groups (broad SMARTS) is 2. The highest BCUT2D eigenvalue weighted by Crippen LogP contribution is 2.13. The van der Waals surface area contributed by atoms with Crippen LogP contribution in [0.3, 0.4) is 0 Å². The third-order valence-electron chi connectivity index (χ3n) is 1.93. The standard InChI is InChI=1S/C9H10FNO2.C2HF3O2/c10-7-3-1-6(2-4-7)5-8(11)9(12)13;3-2(4,5)1(6)7/h1-4,8H,5,11H2,(H,12,13);(H,6,7). The van der Waals surface area contributed by atoms with Crippen LogP contribution in [-0.4, -0.2) is 34.4 Å². The number of hydrogen-bond donors (Lipinski definition) is 3. The highest BCUT2D eigenvalue weighted by Gasteiger charge is 2.38. The van der Waals surface area contributed by atoms with Gasteiger partial charge >= 0.3 is 18.1 Å². The number of carbonyl (C=O) groups is 2. The molecule has 0 aromatic heterocycles. The lowest BCUT2D eigenvalue weighted by Gasteiger charge is -2.05. The molecule has 0 aliphatic carbocycles. The van der Waals surface area contributed by atoms with E-state index in [1.807, 2.05) is 0 Å². The van der Waals surface area contributed by atoms with E-state index in [1.165, 1.54) is 24.3 Å². The average Bonchev–Trinajstić information content (AvgIpc) is 2.31. The van der Waals surface area contributed by atoms with Crippen LogP contribution in [-0.2, 0) is 16.0 Å². The van der Waals surface area contributed by atoms with Crippen molar-refractivity contribution in [2.24, 2.45) is 5.73 Å². The number of carboxylic acids is 2. The minimum absolute atomic E-state index is 0.218. The molecule has 1 aromatic rings. The van der Waals surface area contributed by atoms with Crippen LogP contribution in [0.15, 0.2) is 24.3 Å². The number of rotatable bonds is 3. The summed E-state index contributed by atoms with van der Waals surface area (Å²) in [6.07, 6.45) is -4.87. The van der Waals surface area contributed by atoms with Gasteiger partial charge < -0.3 is 15.9 Å². The molecule has 0 spiro atoms. The Kier molecular flexibility index (Phi) is 6.63. The lowest BCUT2D eigenvalue weighted by atomic mass is 10.1. The van der Waals surface area contributed by atoms with Crippen molar-refractivity contribution >= 4 is 11.9 Å². The first-order valence-electron chi connectivity index (χ1n) is 5.07. The molecule has 1 rings (SSSR count). The molecule has 20 heavy (non-hydrogen) atoms. The summed E-state index contributed by atoms with van der Waals surface area (Å²) >= 11 is 0. The predicted octanol–water partition coefficient (Wildman–Crippen LogP) is 1.41. The molecule has 0 radical (unpaired) electrons. The highest BCUT2D eigenvalue weighted by molar-refractivity contribution is 5.73. The summed E-state index contributed by atoms with van der Waals surface area (Å²) in [6, 6.07) is 4.69. The minimum Gasteiger partial charge on any atom is -0.480 e. The normalized spacial score (nSPS) is 12.1. The van der Waals surface area contributed by atoms with Crippen LogP contribution in [0.4, 0.5) is 17.6 Å². The van der Waals surface area contributed by atoms with Crippen molar-refractivity contribution in [2.45, 2.75) is 18.6 Å². The lowest BCUT2D eigenvalue weighted by Crippen LogP contribution is -2.32. The van der Waals surface area contributed by atoms with Crippen LogP contribution in [0, 0.1) is 5.82 Å². The van der Waals surface area contributed by atoms with Gasteiger partial charge in [-0.2, -0.15) is 13.2 Å². The fourth-order valence-corrected chi connectivity index (χ4v) is 0.962. The zero-order valence-corrected chi connectivity index (χ0v) is 9.89. The van der Waals surface area contributed by atoms with E-state index in [0.717, 1.165) is 5.56 Å². The Hall–Kier alpha value is -2.16. The molecular formula is C11H11F4NO4. The van der Waals surface area contributed by atoms with E-state index in [0.29, 0.717) is 0 Å². The van der Waals surface area contributed by atoms with E-state index < -0.39 is 24.2 Å². The SMILES string of the molecule is NC(Cc1ccc(F)cc1)C(=O)O.O=C(O)C(F)(F)F. The summed E-state index contributed by atoms with van der Waals surface area (Å²) in [5.74, 6) is -4.15. The second kappa shape index (κ2) is 7.43. The van der Waals surface area contributed by atoms with Gasteiger partial charge in [-0.25, -0.2) is 9.18 Å². The van der Waals surface area contributed by atoms with Crippen LogP contribution in [0.5, 0.6) is 0 Å². The summed E-state index contributed by atoms with van der Waals surface area (Å²) in [6.45, 7) is 0. The molecule has 0 bridgehead atoms. The zero-order valence-electron chi connectivity index (χ0n) is 9.89. The molecule has 0 aliphatic heterocycles. The number of nitrogens with two attached hydrogens (primary N) is 1. The maximum absolute atomic E-state index is 12.4. The Balaban J connectivity index is 0.000000441. The second-order valence-corrected chi connectivity index (χ2v) is 3.58. The van der Waals surface area contributed by atoms with E-state index in [-0.39, 0.29) is 12.2 Å². The van der Waals surface area contributed by atoms with Gasteiger partial charge in [0.05, 0.1) is 0 Å². The maximum Gasteiger partial charge on any atom is 0.490 e. The molecule has 0 saturated carbocycles. The van der Waals surface area contributed by atoms with Crippen LogP contribution in [0.1, 0.15) is 5.56 Å². The summed E-state index contributed by atoms with van der Waals surface area (Å²) < 4.78 is 44.2. The van der Waals surface area contributed by atoms with E-state index >= 15 is 0 Å². The minimum atomic E-state index is -5.08. The highest BCUT2D eigenvalue weighted by atomic mass is 19.4. The summed E-state index contributed by atoms with van der Waals surface area (Å²) in [5, 5.41) is 15.6. The zero-order chi connectivity index (χ0) is 15.9. The van der Waals surface area contributed by atoms with Gasteiger partial charge in [0.2, 0.25) is 0 Å². The topological polar surface area (TPSA) is 101 Å². The van der Waals surface area contributed by atoms with E-state index in [2.05, 4.69) is 0 Å². The number of halogens is 4. The Bertz CT molecular complexity index is 458. The Labute approximate surface area is 110 Å². The van der Waals surface area contributed by atoms with E-state index in [4.69, 9.17) is 20.7 Å². The molecule has 4 N–H and O–H groups in total. The van der Waals surface area contributed by atoms with Gasteiger partial charge in [-0.15, -0.1) is 0 Å².